The van der Waals surface area contributed by atoms with E-state index in [0.717, 1.165) is 24.3 Å². The van der Waals surface area contributed by atoms with Crippen LogP contribution in [0.15, 0.2) is 53.4 Å². The van der Waals surface area contributed by atoms with E-state index in [1.54, 1.807) is 0 Å². The largest absolute Gasteiger partial charge is 0.449 e. The highest BCUT2D eigenvalue weighted by Crippen LogP contribution is 2.30. The molecule has 29 heavy (non-hydrogen) atoms. The third-order valence-electron chi connectivity index (χ3n) is 3.76. The minimum absolute atomic E-state index is 0.111. The van der Waals surface area contributed by atoms with Gasteiger partial charge in [-0.2, -0.15) is 13.2 Å². The molecule has 2 aromatic rings. The minimum Gasteiger partial charge on any atom is -0.449 e. The number of benzene rings is 2. The molecule has 0 saturated heterocycles. The van der Waals surface area contributed by atoms with Crippen LogP contribution in [0.4, 0.5) is 18.9 Å². The van der Waals surface area contributed by atoms with Gasteiger partial charge in [0.05, 0.1) is 16.0 Å². The molecule has 1 unspecified atom stereocenters. The van der Waals surface area contributed by atoms with Crippen molar-refractivity contribution in [2.45, 2.75) is 24.1 Å². The number of amides is 1. The van der Waals surface area contributed by atoms with Gasteiger partial charge in [0.15, 0.2) is 6.10 Å². The molecule has 0 saturated carbocycles. The van der Waals surface area contributed by atoms with E-state index in [4.69, 9.17) is 4.74 Å². The van der Waals surface area contributed by atoms with Gasteiger partial charge in [0.2, 0.25) is 10.0 Å². The topological polar surface area (TPSA) is 102 Å². The minimum atomic E-state index is -4.57. The van der Waals surface area contributed by atoms with Crippen LogP contribution in [0.25, 0.3) is 0 Å². The SMILES string of the molecule is CNS(=O)(=O)c1cccc(C(=O)OC(C)C(=O)Nc2cccc(C(F)(F)F)c2)c1. The van der Waals surface area contributed by atoms with Crippen molar-refractivity contribution in [1.82, 2.24) is 4.72 Å². The Morgan fingerprint density at radius 2 is 1.72 bits per heavy atom. The molecular formula is C18H17F3N2O5S. The lowest BCUT2D eigenvalue weighted by atomic mass is 10.2. The molecule has 0 spiro atoms. The van der Waals surface area contributed by atoms with Crippen molar-refractivity contribution < 1.29 is 35.9 Å². The molecule has 2 aromatic carbocycles. The first-order valence-electron chi connectivity index (χ1n) is 8.17. The second-order valence-corrected chi connectivity index (χ2v) is 7.74. The van der Waals surface area contributed by atoms with E-state index in [1.165, 1.54) is 38.2 Å². The van der Waals surface area contributed by atoms with Crippen LogP contribution in [0, 0.1) is 0 Å². The first-order valence-corrected chi connectivity index (χ1v) is 9.65. The Bertz CT molecular complexity index is 1020. The number of nitrogens with one attached hydrogen (secondary N) is 2. The van der Waals surface area contributed by atoms with Crippen LogP contribution in [-0.4, -0.2) is 33.4 Å². The first kappa shape index (κ1) is 22.4. The third-order valence-corrected chi connectivity index (χ3v) is 5.17. The average Bonchev–Trinajstić information content (AvgIpc) is 2.67. The summed E-state index contributed by atoms with van der Waals surface area (Å²) in [7, 11) is -2.58. The van der Waals surface area contributed by atoms with Gasteiger partial charge in [0, 0.05) is 5.69 Å². The molecule has 7 nitrogen and oxygen atoms in total. The molecule has 0 aliphatic carbocycles. The number of rotatable bonds is 6. The van der Waals surface area contributed by atoms with Crippen molar-refractivity contribution in [2.75, 3.05) is 12.4 Å². The normalized spacial score (nSPS) is 12.9. The first-order chi connectivity index (χ1) is 13.4. The molecule has 0 aliphatic rings. The Hall–Kier alpha value is -2.92. The lowest BCUT2D eigenvalue weighted by Gasteiger charge is -2.15. The fraction of sp³-hybridized carbons (Fsp3) is 0.222. The van der Waals surface area contributed by atoms with Crippen LogP contribution in [0.1, 0.15) is 22.8 Å². The summed E-state index contributed by atoms with van der Waals surface area (Å²) in [6.45, 7) is 1.23. The Morgan fingerprint density at radius 1 is 1.07 bits per heavy atom. The van der Waals surface area contributed by atoms with E-state index < -0.39 is 39.7 Å². The number of carbonyl (C=O) groups excluding carboxylic acids is 2. The molecule has 0 fully saturated rings. The molecule has 2 N–H and O–H groups in total. The Labute approximate surface area is 164 Å². The summed E-state index contributed by atoms with van der Waals surface area (Å²) in [5, 5.41) is 2.23. The van der Waals surface area contributed by atoms with Crippen molar-refractivity contribution in [3.05, 3.63) is 59.7 Å². The van der Waals surface area contributed by atoms with Gasteiger partial charge in [-0.1, -0.05) is 12.1 Å². The van der Waals surface area contributed by atoms with Gasteiger partial charge in [-0.3, -0.25) is 4.79 Å². The molecule has 0 aliphatic heterocycles. The smallest absolute Gasteiger partial charge is 0.416 e. The van der Waals surface area contributed by atoms with E-state index in [-0.39, 0.29) is 16.1 Å². The highest BCUT2D eigenvalue weighted by atomic mass is 32.2. The summed E-state index contributed by atoms with van der Waals surface area (Å²) in [4.78, 5) is 24.2. The van der Waals surface area contributed by atoms with E-state index in [1.807, 2.05) is 0 Å². The van der Waals surface area contributed by atoms with Crippen LogP contribution < -0.4 is 10.0 Å². The maximum Gasteiger partial charge on any atom is 0.416 e. The quantitative estimate of drug-likeness (QED) is 0.687. The van der Waals surface area contributed by atoms with E-state index >= 15 is 0 Å². The zero-order valence-electron chi connectivity index (χ0n) is 15.3. The number of carbonyl (C=O) groups is 2. The zero-order chi connectivity index (χ0) is 21.8. The predicted molar refractivity (Wildman–Crippen MR) is 97.6 cm³/mol. The zero-order valence-corrected chi connectivity index (χ0v) is 16.1. The van der Waals surface area contributed by atoms with Crippen molar-refractivity contribution >= 4 is 27.6 Å². The van der Waals surface area contributed by atoms with E-state index in [2.05, 4.69) is 10.0 Å². The maximum absolute atomic E-state index is 12.7. The number of hydrogen-bond acceptors (Lipinski definition) is 5. The fourth-order valence-corrected chi connectivity index (χ4v) is 2.98. The standard InChI is InChI=1S/C18H17F3N2O5S/c1-11(16(24)23-14-7-4-6-13(10-14)18(19,20)21)28-17(25)12-5-3-8-15(9-12)29(26,27)22-2/h3-11,22H,1-2H3,(H,23,24). The lowest BCUT2D eigenvalue weighted by Crippen LogP contribution is -2.30. The number of hydrogen-bond donors (Lipinski definition) is 2. The fourth-order valence-electron chi connectivity index (χ4n) is 2.21. The van der Waals surface area contributed by atoms with Crippen LogP contribution in [0.2, 0.25) is 0 Å². The van der Waals surface area contributed by atoms with Crippen LogP contribution in [-0.2, 0) is 25.7 Å². The van der Waals surface area contributed by atoms with Crippen molar-refractivity contribution in [3.63, 3.8) is 0 Å². The van der Waals surface area contributed by atoms with Gasteiger partial charge < -0.3 is 10.1 Å². The molecule has 0 radical (unpaired) electrons. The predicted octanol–water partition coefficient (Wildman–Crippen LogP) is 2.80. The van der Waals surface area contributed by atoms with Gasteiger partial charge in [0.1, 0.15) is 0 Å². The molecule has 0 aromatic heterocycles. The second kappa shape index (κ2) is 8.62. The van der Waals surface area contributed by atoms with Gasteiger partial charge in [-0.15, -0.1) is 0 Å². The summed E-state index contributed by atoms with van der Waals surface area (Å²) >= 11 is 0. The Kier molecular flexibility index (Phi) is 6.65. The Balaban J connectivity index is 2.08. The molecular weight excluding hydrogens is 413 g/mol. The summed E-state index contributed by atoms with van der Waals surface area (Å²) in [5.41, 5.74) is -1.17. The molecule has 0 bridgehead atoms. The molecule has 0 heterocycles. The van der Waals surface area contributed by atoms with E-state index in [9.17, 15) is 31.2 Å². The van der Waals surface area contributed by atoms with Gasteiger partial charge in [-0.25, -0.2) is 17.9 Å². The third kappa shape index (κ3) is 5.78. The highest BCUT2D eigenvalue weighted by Gasteiger charge is 2.30. The van der Waals surface area contributed by atoms with Gasteiger partial charge in [-0.05, 0) is 50.4 Å². The summed E-state index contributed by atoms with van der Waals surface area (Å²) in [6, 6.07) is 8.96. The number of halogens is 3. The monoisotopic (exact) mass is 430 g/mol. The Morgan fingerprint density at radius 3 is 2.34 bits per heavy atom. The van der Waals surface area contributed by atoms with Crippen molar-refractivity contribution in [3.8, 4) is 0 Å². The summed E-state index contributed by atoms with van der Waals surface area (Å²) in [6.07, 6.45) is -5.92. The van der Waals surface area contributed by atoms with E-state index in [0.29, 0.717) is 0 Å². The molecule has 1 amide bonds. The molecule has 156 valence electrons. The average molecular weight is 430 g/mol. The number of esters is 1. The van der Waals surface area contributed by atoms with Crippen LogP contribution >= 0.6 is 0 Å². The van der Waals surface area contributed by atoms with Crippen LogP contribution in [0.5, 0.6) is 0 Å². The molecule has 1 atom stereocenters. The maximum atomic E-state index is 12.7. The summed E-state index contributed by atoms with van der Waals surface area (Å²) in [5.74, 6) is -1.82. The van der Waals surface area contributed by atoms with Crippen LogP contribution in [0.3, 0.4) is 0 Å². The number of alkyl halides is 3. The number of ether oxygens (including phenoxy) is 1. The number of anilines is 1. The highest BCUT2D eigenvalue weighted by molar-refractivity contribution is 7.89. The second-order valence-electron chi connectivity index (χ2n) is 5.85. The molecule has 11 heteroatoms. The van der Waals surface area contributed by atoms with Gasteiger partial charge >= 0.3 is 12.1 Å². The van der Waals surface area contributed by atoms with Gasteiger partial charge in [0.25, 0.3) is 5.91 Å². The van der Waals surface area contributed by atoms with Crippen molar-refractivity contribution in [1.29, 1.82) is 0 Å². The number of sulfonamides is 1. The van der Waals surface area contributed by atoms with Crippen molar-refractivity contribution in [2.24, 2.45) is 0 Å². The molecule has 2 rings (SSSR count). The lowest BCUT2D eigenvalue weighted by molar-refractivity contribution is -0.137. The summed E-state index contributed by atoms with van der Waals surface area (Å²) < 4.78 is 68.9.